The number of amides is 1. The highest BCUT2D eigenvalue weighted by atomic mass is 19.1. The van der Waals surface area contributed by atoms with Gasteiger partial charge in [0.15, 0.2) is 0 Å². The van der Waals surface area contributed by atoms with Gasteiger partial charge in [-0.1, -0.05) is 0 Å². The summed E-state index contributed by atoms with van der Waals surface area (Å²) in [5.74, 6) is 2.28. The van der Waals surface area contributed by atoms with E-state index < -0.39 is 12.2 Å². The van der Waals surface area contributed by atoms with E-state index in [1.54, 1.807) is 0 Å². The van der Waals surface area contributed by atoms with E-state index >= 15 is 0 Å². The Morgan fingerprint density at radius 1 is 1.17 bits per heavy atom. The molecule has 1 aliphatic heterocycles. The van der Waals surface area contributed by atoms with Gasteiger partial charge in [0.05, 0.1) is 12.6 Å². The fourth-order valence-electron chi connectivity index (χ4n) is 5.90. The Hall–Kier alpha value is -1.19. The molecule has 0 spiro atoms. The number of alkyl halides is 1. The molecule has 5 nitrogen and oxygen atoms in total. The quantitative estimate of drug-likeness (QED) is 0.807. The molecular formula is C17H24FN3O2. The van der Waals surface area contributed by atoms with Crippen molar-refractivity contribution in [3.8, 4) is 6.07 Å². The summed E-state index contributed by atoms with van der Waals surface area (Å²) in [5, 5.41) is 20.8. The standard InChI is InChI=1S/C17H24FN3O2/c18-14-6-15(7-19)20(8-14)16(22)9-21(23)17-12-2-10-1-11(4-12)5-13(17)3-10/h10-15,17,23H,1-6,8-9H2/t10?,11?,12?,13?,14-,15-,17?/m0/s1. The molecule has 1 saturated heterocycles. The van der Waals surface area contributed by atoms with Gasteiger partial charge >= 0.3 is 0 Å². The van der Waals surface area contributed by atoms with Crippen LogP contribution in [0.2, 0.25) is 0 Å². The first-order chi connectivity index (χ1) is 11.0. The van der Waals surface area contributed by atoms with E-state index in [9.17, 15) is 14.4 Å². The first kappa shape index (κ1) is 15.3. The summed E-state index contributed by atoms with van der Waals surface area (Å²) >= 11 is 0. The number of rotatable bonds is 3. The maximum Gasteiger partial charge on any atom is 0.240 e. The fraction of sp³-hybridized carbons (Fsp3) is 0.882. The predicted octanol–water partition coefficient (Wildman–Crippen LogP) is 1.96. The first-order valence-corrected chi connectivity index (χ1v) is 8.83. The number of hydrogen-bond acceptors (Lipinski definition) is 4. The van der Waals surface area contributed by atoms with Crippen LogP contribution in [0.1, 0.15) is 38.5 Å². The molecule has 1 amide bonds. The molecule has 5 fully saturated rings. The van der Waals surface area contributed by atoms with Crippen LogP contribution in [0.5, 0.6) is 0 Å². The van der Waals surface area contributed by atoms with Crippen molar-refractivity contribution >= 4 is 5.91 Å². The van der Waals surface area contributed by atoms with Crippen LogP contribution in [0.4, 0.5) is 4.39 Å². The lowest BCUT2D eigenvalue weighted by atomic mass is 9.54. The fourth-order valence-corrected chi connectivity index (χ4v) is 5.90. The summed E-state index contributed by atoms with van der Waals surface area (Å²) in [6, 6.07) is 1.37. The lowest BCUT2D eigenvalue weighted by molar-refractivity contribution is -0.200. The molecule has 1 N–H and O–H groups in total. The monoisotopic (exact) mass is 321 g/mol. The van der Waals surface area contributed by atoms with E-state index in [0.29, 0.717) is 11.8 Å². The van der Waals surface area contributed by atoms with Gasteiger partial charge in [-0.3, -0.25) is 4.79 Å². The summed E-state index contributed by atoms with van der Waals surface area (Å²) in [6.07, 6.45) is 4.97. The minimum atomic E-state index is -1.13. The van der Waals surface area contributed by atoms with Crippen LogP contribution in [-0.4, -0.2) is 52.4 Å². The molecule has 0 aromatic heterocycles. The Bertz CT molecular complexity index is 506. The second kappa shape index (κ2) is 5.71. The lowest BCUT2D eigenvalue weighted by Gasteiger charge is -2.55. The highest BCUT2D eigenvalue weighted by Gasteiger charge is 2.50. The molecule has 0 aromatic carbocycles. The molecule has 6 heteroatoms. The summed E-state index contributed by atoms with van der Waals surface area (Å²) in [6.45, 7) is -0.134. The molecule has 2 atom stereocenters. The van der Waals surface area contributed by atoms with E-state index in [2.05, 4.69) is 0 Å². The minimum Gasteiger partial charge on any atom is -0.322 e. The van der Waals surface area contributed by atoms with Crippen LogP contribution >= 0.6 is 0 Å². The van der Waals surface area contributed by atoms with Crippen molar-refractivity contribution in [1.82, 2.24) is 9.96 Å². The molecule has 4 bridgehead atoms. The summed E-state index contributed by atoms with van der Waals surface area (Å²) < 4.78 is 13.5. The highest BCUT2D eigenvalue weighted by Crippen LogP contribution is 2.54. The SMILES string of the molecule is N#C[C@@H]1C[C@H](F)CN1C(=O)CN(O)C1C2CC3CC(C2)CC1C3. The Morgan fingerprint density at radius 3 is 2.35 bits per heavy atom. The van der Waals surface area contributed by atoms with Crippen LogP contribution < -0.4 is 0 Å². The number of nitriles is 1. The van der Waals surface area contributed by atoms with Crippen LogP contribution in [0.15, 0.2) is 0 Å². The van der Waals surface area contributed by atoms with E-state index in [4.69, 9.17) is 5.26 Å². The maximum atomic E-state index is 13.5. The number of nitrogens with zero attached hydrogens (tertiary/aromatic N) is 3. The number of carbonyl (C=O) groups excluding carboxylic acids is 1. The van der Waals surface area contributed by atoms with Crippen LogP contribution in [0.3, 0.4) is 0 Å². The van der Waals surface area contributed by atoms with Gasteiger partial charge in [-0.05, 0) is 55.8 Å². The van der Waals surface area contributed by atoms with Crippen LogP contribution in [0, 0.1) is 35.0 Å². The molecular weight excluding hydrogens is 297 g/mol. The first-order valence-electron chi connectivity index (χ1n) is 8.83. The van der Waals surface area contributed by atoms with Crippen molar-refractivity contribution in [2.24, 2.45) is 23.7 Å². The number of halogens is 1. The van der Waals surface area contributed by atoms with E-state index in [1.807, 2.05) is 6.07 Å². The van der Waals surface area contributed by atoms with Crippen LogP contribution in [0.25, 0.3) is 0 Å². The van der Waals surface area contributed by atoms with Gasteiger partial charge in [0, 0.05) is 12.5 Å². The summed E-state index contributed by atoms with van der Waals surface area (Å²) in [4.78, 5) is 13.7. The van der Waals surface area contributed by atoms with Gasteiger partial charge in [-0.15, -0.1) is 0 Å². The van der Waals surface area contributed by atoms with E-state index in [-0.39, 0.29) is 31.5 Å². The summed E-state index contributed by atoms with van der Waals surface area (Å²) in [7, 11) is 0. The Morgan fingerprint density at radius 2 is 1.78 bits per heavy atom. The van der Waals surface area contributed by atoms with Crippen molar-refractivity contribution in [3.05, 3.63) is 0 Å². The molecule has 0 aromatic rings. The molecule has 0 unspecified atom stereocenters. The zero-order valence-electron chi connectivity index (χ0n) is 13.3. The molecule has 4 saturated carbocycles. The predicted molar refractivity (Wildman–Crippen MR) is 80.0 cm³/mol. The molecule has 23 heavy (non-hydrogen) atoms. The smallest absolute Gasteiger partial charge is 0.240 e. The van der Waals surface area contributed by atoms with Crippen molar-refractivity contribution in [2.45, 2.75) is 56.8 Å². The van der Waals surface area contributed by atoms with E-state index in [0.717, 1.165) is 11.8 Å². The number of carbonyl (C=O) groups is 1. The zero-order valence-corrected chi connectivity index (χ0v) is 13.3. The Balaban J connectivity index is 1.41. The van der Waals surface area contributed by atoms with Gasteiger partial charge < -0.3 is 10.1 Å². The third kappa shape index (κ3) is 2.64. The minimum absolute atomic E-state index is 0.0213. The number of hydroxylamine groups is 2. The maximum absolute atomic E-state index is 13.5. The second-order valence-corrected chi connectivity index (χ2v) is 8.04. The third-order valence-electron chi connectivity index (χ3n) is 6.54. The van der Waals surface area contributed by atoms with Gasteiger partial charge in [-0.2, -0.15) is 10.3 Å². The van der Waals surface area contributed by atoms with Gasteiger partial charge in [0.25, 0.3) is 0 Å². The number of likely N-dealkylation sites (tertiary alicyclic amines) is 1. The summed E-state index contributed by atoms with van der Waals surface area (Å²) in [5.41, 5.74) is 0. The topological polar surface area (TPSA) is 67.6 Å². The zero-order chi connectivity index (χ0) is 16.1. The average molecular weight is 321 g/mol. The van der Waals surface area contributed by atoms with Gasteiger partial charge in [-0.25, -0.2) is 4.39 Å². The van der Waals surface area contributed by atoms with Crippen LogP contribution in [-0.2, 0) is 4.79 Å². The van der Waals surface area contributed by atoms with Crippen molar-refractivity contribution in [2.75, 3.05) is 13.1 Å². The lowest BCUT2D eigenvalue weighted by Crippen LogP contribution is -2.57. The molecule has 126 valence electrons. The van der Waals surface area contributed by atoms with Gasteiger partial charge in [0.2, 0.25) is 5.91 Å². The Labute approximate surface area is 136 Å². The highest BCUT2D eigenvalue weighted by molar-refractivity contribution is 5.79. The van der Waals surface area contributed by atoms with E-state index in [1.165, 1.54) is 42.1 Å². The largest absolute Gasteiger partial charge is 0.322 e. The number of hydrogen-bond donors (Lipinski definition) is 1. The van der Waals surface area contributed by atoms with Crippen molar-refractivity contribution in [3.63, 3.8) is 0 Å². The van der Waals surface area contributed by atoms with Crippen molar-refractivity contribution in [1.29, 1.82) is 5.26 Å². The molecule has 1 heterocycles. The normalized spacial score (nSPS) is 44.8. The van der Waals surface area contributed by atoms with Crippen molar-refractivity contribution < 1.29 is 14.4 Å². The molecule has 5 rings (SSSR count). The third-order valence-corrected chi connectivity index (χ3v) is 6.54. The van der Waals surface area contributed by atoms with Gasteiger partial charge in [0.1, 0.15) is 18.8 Å². The average Bonchev–Trinajstić information content (AvgIpc) is 2.87. The molecule has 5 aliphatic rings. The second-order valence-electron chi connectivity index (χ2n) is 8.04. The molecule has 0 radical (unpaired) electrons. The Kier molecular flexibility index (Phi) is 3.81. The molecule has 4 aliphatic carbocycles.